The third kappa shape index (κ3) is 5.29. The minimum atomic E-state index is 0.275. The maximum Gasteiger partial charge on any atom is 0.223 e. The van der Waals surface area contributed by atoms with Gasteiger partial charge in [-0.2, -0.15) is 0 Å². The Morgan fingerprint density at radius 1 is 0.833 bits per heavy atom. The van der Waals surface area contributed by atoms with Gasteiger partial charge in [0, 0.05) is 37.2 Å². The highest BCUT2D eigenvalue weighted by Crippen LogP contribution is 2.20. The lowest BCUT2D eigenvalue weighted by Crippen LogP contribution is -2.08. The van der Waals surface area contributed by atoms with Crippen LogP contribution in [0.15, 0.2) is 79.4 Å². The smallest absolute Gasteiger partial charge is 0.223 e. The van der Waals surface area contributed by atoms with Gasteiger partial charge in [0.05, 0.1) is 11.9 Å². The molecule has 0 saturated heterocycles. The van der Waals surface area contributed by atoms with E-state index in [9.17, 15) is 5.11 Å². The molecule has 0 unspecified atom stereocenters. The minimum Gasteiger partial charge on any atom is -0.508 e. The fraction of sp³-hybridized carbons (Fsp3) is 0.130. The highest BCUT2D eigenvalue weighted by Gasteiger charge is 2.04. The van der Waals surface area contributed by atoms with E-state index in [0.717, 1.165) is 34.6 Å². The number of nitrogens with zero attached hydrogens (tertiary/aromatic N) is 4. The molecule has 0 radical (unpaired) electrons. The van der Waals surface area contributed by atoms with E-state index >= 15 is 0 Å². The highest BCUT2D eigenvalue weighted by molar-refractivity contribution is 5.61. The van der Waals surface area contributed by atoms with Crippen molar-refractivity contribution in [2.45, 2.75) is 13.0 Å². The minimum absolute atomic E-state index is 0.275. The Kier molecular flexibility index (Phi) is 6.10. The van der Waals surface area contributed by atoms with Gasteiger partial charge in [-0.15, -0.1) is 0 Å². The fourth-order valence-corrected chi connectivity index (χ4v) is 3.01. The topological polar surface area (TPSA) is 95.8 Å². The summed E-state index contributed by atoms with van der Waals surface area (Å²) in [6.45, 7) is 1.35. The fourth-order valence-electron chi connectivity index (χ4n) is 3.01. The Bertz CT molecular complexity index is 1090. The molecule has 4 rings (SSSR count). The number of hydrogen-bond donors (Lipinski definition) is 3. The Morgan fingerprint density at radius 3 is 2.57 bits per heavy atom. The highest BCUT2D eigenvalue weighted by atomic mass is 16.3. The molecule has 0 fully saturated rings. The van der Waals surface area contributed by atoms with Crippen molar-refractivity contribution in [3.63, 3.8) is 0 Å². The first kappa shape index (κ1) is 19.3. The van der Waals surface area contributed by atoms with Crippen molar-refractivity contribution in [2.75, 3.05) is 17.2 Å². The van der Waals surface area contributed by atoms with Crippen LogP contribution in [0.1, 0.15) is 11.1 Å². The average Bonchev–Trinajstić information content (AvgIpc) is 2.80. The first-order valence-electron chi connectivity index (χ1n) is 9.70. The SMILES string of the molecule is Oc1ccc(CCNc2nccc(-c3cccc(CNc4cnccn4)c3)n2)cc1. The molecule has 2 aromatic carbocycles. The molecular weight excluding hydrogens is 376 g/mol. The second kappa shape index (κ2) is 9.47. The van der Waals surface area contributed by atoms with E-state index in [1.807, 2.05) is 30.3 Å². The Labute approximate surface area is 174 Å². The average molecular weight is 398 g/mol. The molecule has 30 heavy (non-hydrogen) atoms. The van der Waals surface area contributed by atoms with E-state index in [2.05, 4.69) is 42.7 Å². The van der Waals surface area contributed by atoms with Crippen molar-refractivity contribution in [3.8, 4) is 17.0 Å². The second-order valence-corrected chi connectivity index (χ2v) is 6.75. The predicted molar refractivity (Wildman–Crippen MR) is 117 cm³/mol. The first-order chi connectivity index (χ1) is 14.8. The maximum absolute atomic E-state index is 9.36. The van der Waals surface area contributed by atoms with Gasteiger partial charge >= 0.3 is 0 Å². The van der Waals surface area contributed by atoms with E-state index in [1.54, 1.807) is 36.9 Å². The van der Waals surface area contributed by atoms with Crippen LogP contribution < -0.4 is 10.6 Å². The number of rotatable bonds is 8. The molecule has 0 amide bonds. The monoisotopic (exact) mass is 398 g/mol. The van der Waals surface area contributed by atoms with Crippen LogP contribution in [0.4, 0.5) is 11.8 Å². The quantitative estimate of drug-likeness (QED) is 0.414. The molecule has 0 saturated carbocycles. The van der Waals surface area contributed by atoms with Crippen LogP contribution in [0.3, 0.4) is 0 Å². The van der Waals surface area contributed by atoms with Crippen LogP contribution in [-0.2, 0) is 13.0 Å². The zero-order chi connectivity index (χ0) is 20.6. The van der Waals surface area contributed by atoms with Crippen molar-refractivity contribution < 1.29 is 5.11 Å². The maximum atomic E-state index is 9.36. The number of nitrogens with one attached hydrogen (secondary N) is 2. The summed E-state index contributed by atoms with van der Waals surface area (Å²) in [5.41, 5.74) is 4.15. The van der Waals surface area contributed by atoms with Crippen LogP contribution in [0.25, 0.3) is 11.3 Å². The second-order valence-electron chi connectivity index (χ2n) is 6.75. The molecule has 0 aliphatic rings. The third-order valence-corrected chi connectivity index (χ3v) is 4.55. The standard InChI is InChI=1S/C23H22N6O/c30-20-6-4-17(5-7-20)8-10-26-23-27-11-9-21(29-23)19-3-1-2-18(14-19)15-28-22-16-24-12-13-25-22/h1-7,9,11-14,16,30H,8,10,15H2,(H,25,28)(H,26,27,29). The van der Waals surface area contributed by atoms with E-state index in [4.69, 9.17) is 0 Å². The van der Waals surface area contributed by atoms with Gasteiger partial charge in [-0.3, -0.25) is 4.98 Å². The molecule has 7 nitrogen and oxygen atoms in total. The molecule has 150 valence electrons. The summed E-state index contributed by atoms with van der Waals surface area (Å²) in [5, 5.41) is 15.9. The zero-order valence-corrected chi connectivity index (χ0v) is 16.4. The number of phenolic OH excluding ortho intramolecular Hbond substituents is 1. The van der Waals surface area contributed by atoms with Gasteiger partial charge in [0.25, 0.3) is 0 Å². The Balaban J connectivity index is 1.38. The molecule has 2 heterocycles. The van der Waals surface area contributed by atoms with Crippen molar-refractivity contribution in [3.05, 3.63) is 90.5 Å². The summed E-state index contributed by atoms with van der Waals surface area (Å²) in [6, 6.07) is 17.3. The van der Waals surface area contributed by atoms with E-state index in [-0.39, 0.29) is 5.75 Å². The van der Waals surface area contributed by atoms with Crippen LogP contribution in [0.5, 0.6) is 5.75 Å². The number of phenols is 1. The first-order valence-corrected chi connectivity index (χ1v) is 9.70. The van der Waals surface area contributed by atoms with E-state index in [1.165, 1.54) is 0 Å². The molecular formula is C23H22N6O. The lowest BCUT2D eigenvalue weighted by molar-refractivity contribution is 0.475. The molecule has 0 spiro atoms. The number of hydrogen-bond acceptors (Lipinski definition) is 7. The zero-order valence-electron chi connectivity index (χ0n) is 16.4. The molecule has 7 heteroatoms. The Hall–Kier alpha value is -4.00. The molecule has 0 aliphatic heterocycles. The lowest BCUT2D eigenvalue weighted by atomic mass is 10.1. The van der Waals surface area contributed by atoms with Crippen molar-refractivity contribution in [2.24, 2.45) is 0 Å². The largest absolute Gasteiger partial charge is 0.508 e. The molecule has 0 atom stereocenters. The van der Waals surface area contributed by atoms with Gasteiger partial charge in [-0.25, -0.2) is 15.0 Å². The Morgan fingerprint density at radius 2 is 1.73 bits per heavy atom. The normalized spacial score (nSPS) is 10.5. The van der Waals surface area contributed by atoms with Gasteiger partial charge in [0.2, 0.25) is 5.95 Å². The molecule has 0 bridgehead atoms. The third-order valence-electron chi connectivity index (χ3n) is 4.55. The summed E-state index contributed by atoms with van der Waals surface area (Å²) >= 11 is 0. The van der Waals surface area contributed by atoms with E-state index in [0.29, 0.717) is 19.0 Å². The summed E-state index contributed by atoms with van der Waals surface area (Å²) in [5.74, 6) is 1.61. The van der Waals surface area contributed by atoms with Gasteiger partial charge in [-0.05, 0) is 41.8 Å². The summed E-state index contributed by atoms with van der Waals surface area (Å²) < 4.78 is 0. The van der Waals surface area contributed by atoms with Crippen molar-refractivity contribution in [1.29, 1.82) is 0 Å². The van der Waals surface area contributed by atoms with E-state index < -0.39 is 0 Å². The van der Waals surface area contributed by atoms with Gasteiger partial charge in [0.15, 0.2) is 0 Å². The van der Waals surface area contributed by atoms with Crippen LogP contribution in [0.2, 0.25) is 0 Å². The lowest BCUT2D eigenvalue weighted by Gasteiger charge is -2.09. The number of aromatic nitrogens is 4. The van der Waals surface area contributed by atoms with Crippen molar-refractivity contribution >= 4 is 11.8 Å². The summed E-state index contributed by atoms with van der Waals surface area (Å²) in [7, 11) is 0. The molecule has 0 aliphatic carbocycles. The number of anilines is 2. The van der Waals surface area contributed by atoms with Crippen LogP contribution in [-0.4, -0.2) is 31.6 Å². The summed E-state index contributed by atoms with van der Waals surface area (Å²) in [4.78, 5) is 17.2. The van der Waals surface area contributed by atoms with Gasteiger partial charge < -0.3 is 15.7 Å². The predicted octanol–water partition coefficient (Wildman–Crippen LogP) is 3.91. The van der Waals surface area contributed by atoms with Gasteiger partial charge in [-0.1, -0.05) is 30.3 Å². The molecule has 2 aromatic heterocycles. The number of benzene rings is 2. The van der Waals surface area contributed by atoms with Gasteiger partial charge in [0.1, 0.15) is 11.6 Å². The summed E-state index contributed by atoms with van der Waals surface area (Å²) in [6.07, 6.45) is 7.59. The number of aromatic hydroxyl groups is 1. The van der Waals surface area contributed by atoms with Crippen molar-refractivity contribution in [1.82, 2.24) is 19.9 Å². The van der Waals surface area contributed by atoms with Crippen LogP contribution in [0, 0.1) is 0 Å². The van der Waals surface area contributed by atoms with Crippen LogP contribution >= 0.6 is 0 Å². The molecule has 3 N–H and O–H groups in total. The molecule has 4 aromatic rings.